The second kappa shape index (κ2) is 6.93. The number of H-pyrrole nitrogens is 2. The first-order valence-electron chi connectivity index (χ1n) is 9.42. The molecule has 0 bridgehead atoms. The summed E-state index contributed by atoms with van der Waals surface area (Å²) in [4.78, 5) is 30.7. The van der Waals surface area contributed by atoms with Crippen LogP contribution in [0.25, 0.3) is 21.8 Å². The van der Waals surface area contributed by atoms with Crippen molar-refractivity contribution in [1.29, 1.82) is 0 Å². The van der Waals surface area contributed by atoms with Crippen LogP contribution in [0, 0.1) is 0 Å². The first-order chi connectivity index (χ1) is 14.1. The zero-order valence-electron chi connectivity index (χ0n) is 15.4. The van der Waals surface area contributed by atoms with E-state index in [0.29, 0.717) is 29.4 Å². The summed E-state index contributed by atoms with van der Waals surface area (Å²) in [5, 5.41) is 12.2. The first kappa shape index (κ1) is 17.8. The van der Waals surface area contributed by atoms with Crippen molar-refractivity contribution in [3.63, 3.8) is 0 Å². The molecule has 1 saturated heterocycles. The molecule has 1 fully saturated rings. The summed E-state index contributed by atoms with van der Waals surface area (Å²) in [5.41, 5.74) is 2.89. The smallest absolute Gasteiger partial charge is 0.270 e. The van der Waals surface area contributed by atoms with E-state index in [4.69, 9.17) is 11.6 Å². The monoisotopic (exact) mass is 407 g/mol. The van der Waals surface area contributed by atoms with Gasteiger partial charge < -0.3 is 15.2 Å². The van der Waals surface area contributed by atoms with Gasteiger partial charge in [-0.15, -0.1) is 0 Å². The molecule has 4 aromatic rings. The van der Waals surface area contributed by atoms with Gasteiger partial charge in [0, 0.05) is 33.5 Å². The maximum atomic E-state index is 13.1. The van der Waals surface area contributed by atoms with Crippen LogP contribution >= 0.6 is 11.6 Å². The second-order valence-corrected chi connectivity index (χ2v) is 7.67. The summed E-state index contributed by atoms with van der Waals surface area (Å²) < 4.78 is 0. The van der Waals surface area contributed by atoms with E-state index in [-0.39, 0.29) is 11.8 Å². The molecule has 7 nitrogen and oxygen atoms in total. The number of nitrogens with zero attached hydrogens (tertiary/aromatic N) is 2. The molecule has 8 heteroatoms. The number of nitrogens with one attached hydrogen (secondary N) is 3. The third-order valence-electron chi connectivity index (χ3n) is 5.34. The quantitative estimate of drug-likeness (QED) is 0.480. The average Bonchev–Trinajstić information content (AvgIpc) is 3.45. The number of benzene rings is 2. The van der Waals surface area contributed by atoms with Crippen molar-refractivity contribution in [2.24, 2.45) is 0 Å². The second-order valence-electron chi connectivity index (χ2n) is 7.23. The Morgan fingerprint density at radius 3 is 2.86 bits per heavy atom. The van der Waals surface area contributed by atoms with Gasteiger partial charge in [0.2, 0.25) is 5.91 Å². The summed E-state index contributed by atoms with van der Waals surface area (Å²) in [6.07, 6.45) is 3.13. The van der Waals surface area contributed by atoms with E-state index < -0.39 is 6.04 Å². The zero-order chi connectivity index (χ0) is 20.0. The molecule has 1 aliphatic heterocycles. The summed E-state index contributed by atoms with van der Waals surface area (Å²) in [6, 6.07) is 12.3. The molecule has 0 radical (unpaired) electrons. The number of fused-ring (bicyclic) bond motifs is 2. The fourth-order valence-corrected chi connectivity index (χ4v) is 4.08. The number of likely N-dealkylation sites (tertiary alicyclic amines) is 1. The predicted octanol–water partition coefficient (Wildman–Crippen LogP) is 3.94. The molecule has 1 aliphatic rings. The molecule has 29 heavy (non-hydrogen) atoms. The average molecular weight is 408 g/mol. The number of amides is 2. The molecule has 0 spiro atoms. The lowest BCUT2D eigenvalue weighted by Gasteiger charge is -2.23. The van der Waals surface area contributed by atoms with Gasteiger partial charge in [-0.05, 0) is 55.3 Å². The third-order valence-corrected chi connectivity index (χ3v) is 5.57. The highest BCUT2D eigenvalue weighted by Gasteiger charge is 2.35. The van der Waals surface area contributed by atoms with Crippen molar-refractivity contribution in [3.05, 3.63) is 59.4 Å². The Balaban J connectivity index is 1.36. The molecule has 0 unspecified atom stereocenters. The van der Waals surface area contributed by atoms with E-state index in [1.165, 1.54) is 0 Å². The van der Waals surface area contributed by atoms with Crippen LogP contribution in [0.1, 0.15) is 23.3 Å². The van der Waals surface area contributed by atoms with Crippen molar-refractivity contribution in [1.82, 2.24) is 20.1 Å². The number of aromatic amines is 2. The lowest BCUT2D eigenvalue weighted by molar-refractivity contribution is -0.119. The Kier molecular flexibility index (Phi) is 4.24. The Morgan fingerprint density at radius 1 is 1.10 bits per heavy atom. The van der Waals surface area contributed by atoms with Gasteiger partial charge in [0.1, 0.15) is 11.7 Å². The molecule has 146 valence electrons. The minimum atomic E-state index is -0.502. The fourth-order valence-electron chi connectivity index (χ4n) is 3.90. The number of carbonyl (C=O) groups excluding carboxylic acids is 2. The van der Waals surface area contributed by atoms with Gasteiger partial charge >= 0.3 is 0 Å². The van der Waals surface area contributed by atoms with Crippen LogP contribution in [0.4, 0.5) is 5.69 Å². The minimum Gasteiger partial charge on any atom is -0.351 e. The van der Waals surface area contributed by atoms with Gasteiger partial charge in [-0.2, -0.15) is 5.10 Å². The van der Waals surface area contributed by atoms with Gasteiger partial charge in [-0.25, -0.2) is 0 Å². The minimum absolute atomic E-state index is 0.180. The highest BCUT2D eigenvalue weighted by atomic mass is 35.5. The molecular weight excluding hydrogens is 390 g/mol. The molecule has 3 N–H and O–H groups in total. The molecule has 0 aliphatic carbocycles. The van der Waals surface area contributed by atoms with Crippen LogP contribution in [0.15, 0.2) is 48.7 Å². The molecule has 1 atom stereocenters. The SMILES string of the molecule is O=C(Nc1ccc2[nH]ncc2c1)[C@@H]1CCCN1C(=O)c1cc2cc(Cl)ccc2[nH]1. The Bertz CT molecular complexity index is 1240. The van der Waals surface area contributed by atoms with Crippen LogP contribution < -0.4 is 5.32 Å². The van der Waals surface area contributed by atoms with E-state index in [2.05, 4.69) is 20.5 Å². The number of halogens is 1. The molecule has 2 amide bonds. The lowest BCUT2D eigenvalue weighted by atomic mass is 10.1. The number of hydrogen-bond donors (Lipinski definition) is 3. The van der Waals surface area contributed by atoms with Crippen molar-refractivity contribution < 1.29 is 9.59 Å². The fraction of sp³-hybridized carbons (Fsp3) is 0.190. The highest BCUT2D eigenvalue weighted by Crippen LogP contribution is 2.25. The summed E-state index contributed by atoms with van der Waals surface area (Å²) >= 11 is 6.04. The molecular formula is C21H18ClN5O2. The maximum Gasteiger partial charge on any atom is 0.270 e. The number of rotatable bonds is 3. The maximum absolute atomic E-state index is 13.1. The topological polar surface area (TPSA) is 93.9 Å². The summed E-state index contributed by atoms with van der Waals surface area (Å²) in [5.74, 6) is -0.363. The highest BCUT2D eigenvalue weighted by molar-refractivity contribution is 6.31. The molecule has 0 saturated carbocycles. The van der Waals surface area contributed by atoms with E-state index in [1.54, 1.807) is 23.2 Å². The van der Waals surface area contributed by atoms with Crippen LogP contribution in [0.3, 0.4) is 0 Å². The van der Waals surface area contributed by atoms with Crippen LogP contribution in [-0.2, 0) is 4.79 Å². The first-order valence-corrected chi connectivity index (χ1v) is 9.79. The molecule has 5 rings (SSSR count). The van der Waals surface area contributed by atoms with Gasteiger partial charge in [0.25, 0.3) is 5.91 Å². The normalized spacial score (nSPS) is 16.6. The third kappa shape index (κ3) is 3.23. The van der Waals surface area contributed by atoms with Crippen molar-refractivity contribution in [2.45, 2.75) is 18.9 Å². The van der Waals surface area contributed by atoms with E-state index in [9.17, 15) is 9.59 Å². The van der Waals surface area contributed by atoms with E-state index in [0.717, 1.165) is 28.2 Å². The standard InChI is InChI=1S/C21H18ClN5O2/c22-14-3-5-16-12(8-14)10-18(25-16)21(29)27-7-1-2-19(27)20(28)24-15-4-6-17-13(9-15)11-23-26-17/h3-6,8-11,19,25H,1-2,7H2,(H,23,26)(H,24,28)/t19-/m0/s1. The lowest BCUT2D eigenvalue weighted by Crippen LogP contribution is -2.43. The van der Waals surface area contributed by atoms with Crippen LogP contribution in [0.5, 0.6) is 0 Å². The number of aromatic nitrogens is 3. The Labute approximate surface area is 171 Å². The Morgan fingerprint density at radius 2 is 1.97 bits per heavy atom. The Hall–Kier alpha value is -3.32. The number of carbonyl (C=O) groups is 2. The molecule has 2 aromatic heterocycles. The van der Waals surface area contributed by atoms with Gasteiger partial charge in [0.05, 0.1) is 11.7 Å². The van der Waals surface area contributed by atoms with Gasteiger partial charge in [-0.1, -0.05) is 11.6 Å². The predicted molar refractivity (Wildman–Crippen MR) is 112 cm³/mol. The van der Waals surface area contributed by atoms with Crippen LogP contribution in [-0.4, -0.2) is 44.5 Å². The molecule has 2 aromatic carbocycles. The van der Waals surface area contributed by atoms with Crippen molar-refractivity contribution >= 4 is 50.9 Å². The number of hydrogen-bond acceptors (Lipinski definition) is 3. The summed E-state index contributed by atoms with van der Waals surface area (Å²) in [7, 11) is 0. The number of anilines is 1. The largest absolute Gasteiger partial charge is 0.351 e. The molecule has 3 heterocycles. The van der Waals surface area contributed by atoms with E-state index in [1.807, 2.05) is 30.3 Å². The van der Waals surface area contributed by atoms with E-state index >= 15 is 0 Å². The van der Waals surface area contributed by atoms with Crippen molar-refractivity contribution in [2.75, 3.05) is 11.9 Å². The zero-order valence-corrected chi connectivity index (χ0v) is 16.2. The summed E-state index contributed by atoms with van der Waals surface area (Å²) in [6.45, 7) is 0.549. The van der Waals surface area contributed by atoms with Gasteiger partial charge in [-0.3, -0.25) is 14.7 Å². The van der Waals surface area contributed by atoms with Gasteiger partial charge in [0.15, 0.2) is 0 Å². The van der Waals surface area contributed by atoms with Crippen LogP contribution in [0.2, 0.25) is 5.02 Å². The van der Waals surface area contributed by atoms with Crippen molar-refractivity contribution in [3.8, 4) is 0 Å².